The van der Waals surface area contributed by atoms with Gasteiger partial charge in [0.15, 0.2) is 0 Å². The molecule has 0 unspecified atom stereocenters. The van der Waals surface area contributed by atoms with Crippen molar-refractivity contribution < 1.29 is 0 Å². The normalized spacial score (nSPS) is 13.6. The second-order valence-corrected chi connectivity index (χ2v) is 5.75. The van der Waals surface area contributed by atoms with Crippen molar-refractivity contribution in [3.05, 3.63) is 59.7 Å². The van der Waals surface area contributed by atoms with Crippen molar-refractivity contribution in [1.82, 2.24) is 4.90 Å². The van der Waals surface area contributed by atoms with Crippen molar-refractivity contribution in [3.8, 4) is 11.1 Å². The maximum absolute atomic E-state index is 5.98. The van der Waals surface area contributed by atoms with Crippen molar-refractivity contribution in [2.24, 2.45) is 0 Å². The number of nitrogens with zero attached hydrogens (tertiary/aromatic N) is 1. The summed E-state index contributed by atoms with van der Waals surface area (Å²) in [4.78, 5) is 2.38. The maximum atomic E-state index is 5.98. The Morgan fingerprint density at radius 2 is 1.20 bits per heavy atom. The second-order valence-electron chi connectivity index (χ2n) is 4.99. The molecule has 0 atom stereocenters. The summed E-state index contributed by atoms with van der Waals surface area (Å²) >= 11 is 12.0. The average molecular weight is 306 g/mol. The minimum absolute atomic E-state index is 0.278. The van der Waals surface area contributed by atoms with Crippen LogP contribution in [0.15, 0.2) is 48.5 Å². The summed E-state index contributed by atoms with van der Waals surface area (Å²) in [6.07, 6.45) is 0. The molecule has 3 rings (SSSR count). The molecule has 0 bridgehead atoms. The zero-order chi connectivity index (χ0) is 13.9. The van der Waals surface area contributed by atoms with Crippen LogP contribution >= 0.6 is 23.2 Å². The van der Waals surface area contributed by atoms with Crippen molar-refractivity contribution in [2.45, 2.75) is 6.04 Å². The molecule has 3 heteroatoms. The third kappa shape index (κ3) is 2.35. The van der Waals surface area contributed by atoms with E-state index < -0.39 is 0 Å². The Kier molecular flexibility index (Phi) is 4.30. The molecule has 1 nitrogen and oxygen atoms in total. The van der Waals surface area contributed by atoms with Crippen LogP contribution in [0.5, 0.6) is 0 Å². The van der Waals surface area contributed by atoms with Gasteiger partial charge in [-0.05, 0) is 22.3 Å². The monoisotopic (exact) mass is 305 g/mol. The first kappa shape index (κ1) is 13.9. The molecular weight excluding hydrogens is 289 g/mol. The molecule has 0 aliphatic heterocycles. The van der Waals surface area contributed by atoms with E-state index in [1.165, 1.54) is 22.3 Å². The van der Waals surface area contributed by atoms with Crippen LogP contribution in [0, 0.1) is 0 Å². The molecule has 0 fully saturated rings. The summed E-state index contributed by atoms with van der Waals surface area (Å²) in [7, 11) is 0. The highest BCUT2D eigenvalue weighted by Crippen LogP contribution is 2.45. The van der Waals surface area contributed by atoms with Crippen LogP contribution in [0.2, 0.25) is 0 Å². The number of benzene rings is 2. The Morgan fingerprint density at radius 3 is 1.65 bits per heavy atom. The van der Waals surface area contributed by atoms with Crippen LogP contribution in [0.3, 0.4) is 0 Å². The van der Waals surface area contributed by atoms with Gasteiger partial charge >= 0.3 is 0 Å². The largest absolute Gasteiger partial charge is 0.290 e. The van der Waals surface area contributed by atoms with Crippen molar-refractivity contribution >= 4 is 23.2 Å². The predicted molar refractivity (Wildman–Crippen MR) is 86.7 cm³/mol. The zero-order valence-electron chi connectivity index (χ0n) is 11.2. The van der Waals surface area contributed by atoms with E-state index in [1.54, 1.807) is 0 Å². The average Bonchev–Trinajstić information content (AvgIpc) is 2.82. The first-order chi connectivity index (χ1) is 9.86. The molecule has 1 aliphatic rings. The molecule has 0 radical (unpaired) electrons. The lowest BCUT2D eigenvalue weighted by Gasteiger charge is -2.29. The van der Waals surface area contributed by atoms with E-state index in [9.17, 15) is 0 Å². The van der Waals surface area contributed by atoms with E-state index in [0.717, 1.165) is 13.1 Å². The van der Waals surface area contributed by atoms with E-state index in [0.29, 0.717) is 11.8 Å². The van der Waals surface area contributed by atoms with Crippen LogP contribution in [0.1, 0.15) is 17.2 Å². The molecule has 1 aliphatic carbocycles. The van der Waals surface area contributed by atoms with Crippen LogP contribution in [-0.4, -0.2) is 29.7 Å². The van der Waals surface area contributed by atoms with Gasteiger partial charge in [-0.1, -0.05) is 48.5 Å². The van der Waals surface area contributed by atoms with Gasteiger partial charge in [0.05, 0.1) is 6.04 Å². The highest BCUT2D eigenvalue weighted by molar-refractivity contribution is 6.18. The van der Waals surface area contributed by atoms with Crippen LogP contribution < -0.4 is 0 Å². The van der Waals surface area contributed by atoms with Gasteiger partial charge in [0, 0.05) is 24.8 Å². The van der Waals surface area contributed by atoms with Gasteiger partial charge < -0.3 is 0 Å². The molecule has 0 saturated carbocycles. The molecule has 2 aromatic carbocycles. The zero-order valence-corrected chi connectivity index (χ0v) is 12.7. The number of hydrogen-bond acceptors (Lipinski definition) is 1. The van der Waals surface area contributed by atoms with Crippen LogP contribution in [0.4, 0.5) is 0 Å². The lowest BCUT2D eigenvalue weighted by molar-refractivity contribution is 0.257. The minimum Gasteiger partial charge on any atom is -0.290 e. The summed E-state index contributed by atoms with van der Waals surface area (Å²) in [6.45, 7) is 1.70. The lowest BCUT2D eigenvalue weighted by Crippen LogP contribution is -2.32. The summed E-state index contributed by atoms with van der Waals surface area (Å²) in [5, 5.41) is 0. The Morgan fingerprint density at radius 1 is 0.750 bits per heavy atom. The third-order valence-corrected chi connectivity index (χ3v) is 4.25. The van der Waals surface area contributed by atoms with E-state index >= 15 is 0 Å². The Bertz CT molecular complexity index is 546. The molecule has 104 valence electrons. The number of fused-ring (bicyclic) bond motifs is 3. The van der Waals surface area contributed by atoms with Gasteiger partial charge in [-0.25, -0.2) is 0 Å². The van der Waals surface area contributed by atoms with Crippen molar-refractivity contribution in [2.75, 3.05) is 24.8 Å². The Labute approximate surface area is 130 Å². The minimum atomic E-state index is 0.278. The van der Waals surface area contributed by atoms with E-state index in [4.69, 9.17) is 23.2 Å². The number of halogens is 2. The standard InChI is InChI=1S/C17H17Cl2N/c18-9-11-20(12-10-19)17-15-7-3-1-5-13(15)14-6-2-4-8-16(14)17/h1-8,17H,9-12H2. The van der Waals surface area contributed by atoms with Crippen LogP contribution in [-0.2, 0) is 0 Å². The van der Waals surface area contributed by atoms with Gasteiger partial charge in [0.1, 0.15) is 0 Å². The van der Waals surface area contributed by atoms with Gasteiger partial charge in [-0.3, -0.25) is 4.90 Å². The van der Waals surface area contributed by atoms with Gasteiger partial charge in [0.2, 0.25) is 0 Å². The van der Waals surface area contributed by atoms with Crippen molar-refractivity contribution in [1.29, 1.82) is 0 Å². The molecule has 0 aromatic heterocycles. The summed E-state index contributed by atoms with van der Waals surface area (Å²) in [6, 6.07) is 17.5. The molecule has 0 N–H and O–H groups in total. The van der Waals surface area contributed by atoms with E-state index in [2.05, 4.69) is 53.4 Å². The quantitative estimate of drug-likeness (QED) is 0.733. The Hall–Kier alpha value is -1.02. The maximum Gasteiger partial charge on any atom is 0.0614 e. The van der Waals surface area contributed by atoms with Crippen LogP contribution in [0.25, 0.3) is 11.1 Å². The molecule has 0 amide bonds. The van der Waals surface area contributed by atoms with E-state index in [1.807, 2.05) is 0 Å². The Balaban J connectivity index is 2.10. The topological polar surface area (TPSA) is 3.24 Å². The molecular formula is C17H17Cl2N. The fourth-order valence-electron chi connectivity index (χ4n) is 3.11. The summed E-state index contributed by atoms with van der Waals surface area (Å²) in [5.74, 6) is 1.25. The highest BCUT2D eigenvalue weighted by atomic mass is 35.5. The molecule has 0 saturated heterocycles. The van der Waals surface area contributed by atoms with Gasteiger partial charge in [-0.2, -0.15) is 0 Å². The van der Waals surface area contributed by atoms with Gasteiger partial charge in [0.25, 0.3) is 0 Å². The SMILES string of the molecule is ClCCN(CCCl)C1c2ccccc2-c2ccccc21. The van der Waals surface area contributed by atoms with E-state index in [-0.39, 0.29) is 6.04 Å². The molecule has 2 aromatic rings. The highest BCUT2D eigenvalue weighted by Gasteiger charge is 2.31. The summed E-state index contributed by atoms with van der Waals surface area (Å²) in [5.41, 5.74) is 5.40. The smallest absolute Gasteiger partial charge is 0.0614 e. The molecule has 20 heavy (non-hydrogen) atoms. The lowest BCUT2D eigenvalue weighted by atomic mass is 10.0. The number of alkyl halides is 2. The predicted octanol–water partition coefficient (Wildman–Crippen LogP) is 4.54. The number of rotatable bonds is 5. The first-order valence-corrected chi connectivity index (χ1v) is 7.98. The third-order valence-electron chi connectivity index (χ3n) is 3.91. The fourth-order valence-corrected chi connectivity index (χ4v) is 3.54. The number of hydrogen-bond donors (Lipinski definition) is 0. The second kappa shape index (κ2) is 6.17. The molecule has 0 heterocycles. The fraction of sp³-hybridized carbons (Fsp3) is 0.294. The van der Waals surface area contributed by atoms with Crippen molar-refractivity contribution in [3.63, 3.8) is 0 Å². The molecule has 0 spiro atoms. The summed E-state index contributed by atoms with van der Waals surface area (Å²) < 4.78 is 0. The first-order valence-electron chi connectivity index (χ1n) is 6.91. The van der Waals surface area contributed by atoms with Gasteiger partial charge in [-0.15, -0.1) is 23.2 Å².